The molecule has 1 nitrogen and oxygen atoms in total. The molecule has 0 aliphatic rings. The van der Waals surface area contributed by atoms with Crippen molar-refractivity contribution in [1.29, 1.82) is 0 Å². The zero-order valence-corrected chi connectivity index (χ0v) is 17.0. The van der Waals surface area contributed by atoms with Crippen LogP contribution in [0.1, 0.15) is 72.8 Å². The van der Waals surface area contributed by atoms with Crippen LogP contribution in [0.2, 0.25) is 6.82 Å². The van der Waals surface area contributed by atoms with E-state index in [9.17, 15) is 0 Å². The molecular weight excluding hydrogens is 291 g/mol. The van der Waals surface area contributed by atoms with Gasteiger partial charge in [-0.05, 0) is 50.4 Å². The van der Waals surface area contributed by atoms with Gasteiger partial charge in [-0.15, -0.1) is 0 Å². The highest BCUT2D eigenvalue weighted by molar-refractivity contribution is 6.66. The Morgan fingerprint density at radius 1 is 1.08 bits per heavy atom. The lowest BCUT2D eigenvalue weighted by Gasteiger charge is -2.41. The molecule has 1 aromatic carbocycles. The van der Waals surface area contributed by atoms with Crippen molar-refractivity contribution in [2.75, 3.05) is 0 Å². The zero-order chi connectivity index (χ0) is 18.4. The number of hydrogen-bond acceptors (Lipinski definition) is 1. The molecular formula is C22H37BO. The fourth-order valence-corrected chi connectivity index (χ4v) is 2.70. The molecule has 0 aliphatic carbocycles. The van der Waals surface area contributed by atoms with Crippen LogP contribution in [0.5, 0.6) is 0 Å². The minimum atomic E-state index is -0.176. The van der Waals surface area contributed by atoms with Gasteiger partial charge in [0.1, 0.15) is 0 Å². The summed E-state index contributed by atoms with van der Waals surface area (Å²) < 4.78 is 6.48. The topological polar surface area (TPSA) is 9.23 Å². The Balaban J connectivity index is 2.80. The normalized spacial score (nSPS) is 12.3. The highest BCUT2D eigenvalue weighted by atomic mass is 16.5. The van der Waals surface area contributed by atoms with Crippen LogP contribution in [0.4, 0.5) is 0 Å². The van der Waals surface area contributed by atoms with Crippen molar-refractivity contribution in [2.45, 2.75) is 86.1 Å². The second kappa shape index (κ2) is 8.90. The van der Waals surface area contributed by atoms with Gasteiger partial charge in [0.25, 0.3) is 0 Å². The van der Waals surface area contributed by atoms with E-state index in [1.165, 1.54) is 29.4 Å². The molecule has 134 valence electrons. The molecule has 0 fully saturated rings. The van der Waals surface area contributed by atoms with Crippen molar-refractivity contribution in [1.82, 2.24) is 0 Å². The van der Waals surface area contributed by atoms with Crippen LogP contribution in [0.15, 0.2) is 36.4 Å². The van der Waals surface area contributed by atoms with E-state index < -0.39 is 0 Å². The van der Waals surface area contributed by atoms with Gasteiger partial charge in [0.15, 0.2) is 0 Å². The molecule has 0 aromatic heterocycles. The Labute approximate surface area is 151 Å². The first-order chi connectivity index (χ1) is 11.1. The molecule has 0 N–H and O–H groups in total. The Kier molecular flexibility index (Phi) is 7.80. The first kappa shape index (κ1) is 21.0. The Morgan fingerprint density at radius 3 is 2.29 bits per heavy atom. The minimum absolute atomic E-state index is 0.0966. The van der Waals surface area contributed by atoms with E-state index in [1.807, 2.05) is 0 Å². The number of allylic oxidation sites excluding steroid dienone is 1. The lowest BCUT2D eigenvalue weighted by atomic mass is 9.60. The smallest absolute Gasteiger partial charge is 0.324 e. The predicted octanol–water partition coefficient (Wildman–Crippen LogP) is 6.04. The first-order valence-corrected chi connectivity index (χ1v) is 9.50. The fraction of sp³-hybridized carbons (Fsp3) is 0.636. The van der Waals surface area contributed by atoms with E-state index in [0.717, 1.165) is 19.3 Å². The lowest BCUT2D eigenvalue weighted by Crippen LogP contribution is -2.47. The Bertz CT molecular complexity index is 525. The molecule has 0 atom stereocenters. The Morgan fingerprint density at radius 2 is 1.71 bits per heavy atom. The maximum absolute atomic E-state index is 6.48. The van der Waals surface area contributed by atoms with E-state index >= 15 is 0 Å². The van der Waals surface area contributed by atoms with Crippen LogP contribution >= 0.6 is 0 Å². The first-order valence-electron chi connectivity index (χ1n) is 9.50. The quantitative estimate of drug-likeness (QED) is 0.397. The van der Waals surface area contributed by atoms with Crippen LogP contribution in [-0.2, 0) is 11.1 Å². The second-order valence-electron chi connectivity index (χ2n) is 8.57. The van der Waals surface area contributed by atoms with Crippen LogP contribution < -0.4 is 5.46 Å². The van der Waals surface area contributed by atoms with Gasteiger partial charge in [0.2, 0.25) is 0 Å². The lowest BCUT2D eigenvalue weighted by molar-refractivity contribution is 0.000425. The van der Waals surface area contributed by atoms with Crippen molar-refractivity contribution in [2.24, 2.45) is 5.41 Å². The summed E-state index contributed by atoms with van der Waals surface area (Å²) in [6.45, 7) is 19.9. The standard InChI is InChI=1S/C22H37BO/c1-9-10-13-18(2)16-17-19-14-11-12-15-20(19)23(8)24-22(6,7)21(3,4)5/h11-12,14-15H,2,9-10,13,16-17H2,1,3-8H3. The zero-order valence-electron chi connectivity index (χ0n) is 17.0. The molecule has 0 aliphatic heterocycles. The van der Waals surface area contributed by atoms with Gasteiger partial charge >= 0.3 is 6.92 Å². The van der Waals surface area contributed by atoms with Crippen molar-refractivity contribution in [3.8, 4) is 0 Å². The maximum Gasteiger partial charge on any atom is 0.324 e. The van der Waals surface area contributed by atoms with Crippen LogP contribution in [0, 0.1) is 5.41 Å². The monoisotopic (exact) mass is 328 g/mol. The SMILES string of the molecule is C=C(CCCC)CCc1ccccc1B(C)OC(C)(C)C(C)(C)C. The van der Waals surface area contributed by atoms with Gasteiger partial charge < -0.3 is 4.65 Å². The third-order valence-electron chi connectivity index (χ3n) is 5.40. The fourth-order valence-electron chi connectivity index (χ4n) is 2.70. The van der Waals surface area contributed by atoms with Crippen LogP contribution in [0.25, 0.3) is 0 Å². The van der Waals surface area contributed by atoms with E-state index in [0.29, 0.717) is 0 Å². The summed E-state index contributed by atoms with van der Waals surface area (Å²) in [6.07, 6.45) is 5.78. The van der Waals surface area contributed by atoms with Gasteiger partial charge in [0, 0.05) is 0 Å². The molecule has 0 saturated carbocycles. The van der Waals surface area contributed by atoms with Crippen molar-refractivity contribution < 1.29 is 4.65 Å². The summed E-state index contributed by atoms with van der Waals surface area (Å²) in [5, 5.41) is 0. The number of hydrogen-bond donors (Lipinski definition) is 0. The third-order valence-corrected chi connectivity index (χ3v) is 5.40. The summed E-state index contributed by atoms with van der Waals surface area (Å²) in [4.78, 5) is 0. The number of aryl methyl sites for hydroxylation is 1. The molecule has 0 bridgehead atoms. The molecule has 0 saturated heterocycles. The van der Waals surface area contributed by atoms with E-state index in [-0.39, 0.29) is 17.9 Å². The molecule has 24 heavy (non-hydrogen) atoms. The molecule has 0 heterocycles. The predicted molar refractivity (Wildman–Crippen MR) is 109 cm³/mol. The summed E-state index contributed by atoms with van der Waals surface area (Å²) in [5.74, 6) is 0. The van der Waals surface area contributed by atoms with Gasteiger partial charge in [0.05, 0.1) is 5.60 Å². The Hall–Kier alpha value is -1.02. The number of unbranched alkanes of at least 4 members (excludes halogenated alkanes) is 1. The minimum Gasteiger partial charge on any atom is -0.426 e. The number of rotatable bonds is 9. The maximum atomic E-state index is 6.48. The van der Waals surface area contributed by atoms with E-state index in [2.05, 4.69) is 79.2 Å². The molecule has 0 radical (unpaired) electrons. The van der Waals surface area contributed by atoms with E-state index in [4.69, 9.17) is 4.65 Å². The summed E-state index contributed by atoms with van der Waals surface area (Å²) in [7, 11) is 0. The number of benzene rings is 1. The molecule has 0 amide bonds. The van der Waals surface area contributed by atoms with Gasteiger partial charge in [-0.3, -0.25) is 0 Å². The summed E-state index contributed by atoms with van der Waals surface area (Å²) in [5.41, 5.74) is 4.01. The van der Waals surface area contributed by atoms with Gasteiger partial charge in [-0.25, -0.2) is 0 Å². The molecule has 0 unspecified atom stereocenters. The van der Waals surface area contributed by atoms with Gasteiger partial charge in [-0.2, -0.15) is 0 Å². The summed E-state index contributed by atoms with van der Waals surface area (Å²) in [6, 6.07) is 8.71. The largest absolute Gasteiger partial charge is 0.426 e. The average Bonchev–Trinajstić information content (AvgIpc) is 2.49. The van der Waals surface area contributed by atoms with Gasteiger partial charge in [-0.1, -0.05) is 82.9 Å². The highest BCUT2D eigenvalue weighted by Gasteiger charge is 2.36. The van der Waals surface area contributed by atoms with Crippen molar-refractivity contribution in [3.05, 3.63) is 42.0 Å². The van der Waals surface area contributed by atoms with Crippen molar-refractivity contribution in [3.63, 3.8) is 0 Å². The average molecular weight is 328 g/mol. The van der Waals surface area contributed by atoms with Crippen LogP contribution in [-0.4, -0.2) is 12.5 Å². The second-order valence-corrected chi connectivity index (χ2v) is 8.57. The highest BCUT2D eigenvalue weighted by Crippen LogP contribution is 2.33. The summed E-state index contributed by atoms with van der Waals surface area (Å²) >= 11 is 0. The molecule has 0 spiro atoms. The van der Waals surface area contributed by atoms with Crippen LogP contribution in [0.3, 0.4) is 0 Å². The third kappa shape index (κ3) is 6.13. The van der Waals surface area contributed by atoms with E-state index in [1.54, 1.807) is 0 Å². The molecule has 1 aromatic rings. The van der Waals surface area contributed by atoms with Crippen molar-refractivity contribution >= 4 is 12.4 Å². The molecule has 2 heteroatoms. The molecule has 1 rings (SSSR count).